The normalized spacial score (nSPS) is 13.4. The third-order valence-electron chi connectivity index (χ3n) is 5.39. The Labute approximate surface area is 214 Å². The van der Waals surface area contributed by atoms with Crippen molar-refractivity contribution < 1.29 is 19.1 Å². The number of hydrogen-bond acceptors (Lipinski definition) is 6. The number of anilines is 2. The molecule has 1 fully saturated rings. The summed E-state index contributed by atoms with van der Waals surface area (Å²) in [7, 11) is 0. The molecule has 12 heteroatoms. The van der Waals surface area contributed by atoms with Crippen molar-refractivity contribution >= 4 is 46.6 Å². The molecule has 4 amide bonds. The molecule has 36 heavy (non-hydrogen) atoms. The monoisotopic (exact) mass is 513 g/mol. The molecule has 0 radical (unpaired) electrons. The molecule has 2 heterocycles. The first-order valence-electron chi connectivity index (χ1n) is 11.4. The van der Waals surface area contributed by atoms with Gasteiger partial charge in [0.1, 0.15) is 11.6 Å². The fourth-order valence-electron chi connectivity index (χ4n) is 3.48. The first kappa shape index (κ1) is 26.7. The molecule has 0 aliphatic carbocycles. The van der Waals surface area contributed by atoms with Crippen LogP contribution in [-0.4, -0.2) is 78.5 Å². The fourth-order valence-corrected chi connectivity index (χ4v) is 3.66. The molecule has 11 nitrogen and oxygen atoms in total. The van der Waals surface area contributed by atoms with Crippen LogP contribution in [0.4, 0.5) is 22.0 Å². The minimum absolute atomic E-state index is 0.0583. The molecule has 0 atom stereocenters. The quantitative estimate of drug-likeness (QED) is 0.350. The summed E-state index contributed by atoms with van der Waals surface area (Å²) in [6, 6.07) is 7.42. The van der Waals surface area contributed by atoms with Crippen LogP contribution in [0, 0.1) is 6.57 Å². The zero-order valence-corrected chi connectivity index (χ0v) is 20.7. The number of nitrogens with one attached hydrogen (secondary N) is 3. The zero-order valence-electron chi connectivity index (χ0n) is 19.9. The number of halogens is 1. The van der Waals surface area contributed by atoms with Gasteiger partial charge in [0, 0.05) is 50.9 Å². The van der Waals surface area contributed by atoms with Crippen molar-refractivity contribution in [2.24, 2.45) is 0 Å². The van der Waals surface area contributed by atoms with Gasteiger partial charge < -0.3 is 20.3 Å². The number of pyridine rings is 1. The molecule has 1 saturated heterocycles. The molecule has 2 aromatic rings. The largest absolute Gasteiger partial charge is 0.491 e. The van der Waals surface area contributed by atoms with Crippen LogP contribution >= 0.6 is 11.6 Å². The zero-order chi connectivity index (χ0) is 25.9. The number of hydrogen-bond donors (Lipinski definition) is 3. The Morgan fingerprint density at radius 3 is 2.58 bits per heavy atom. The summed E-state index contributed by atoms with van der Waals surface area (Å²) < 4.78 is 5.79. The number of carbonyl (C=O) groups excluding carboxylic acids is 3. The molecular formula is C24H28ClN7O4. The number of carbonyl (C=O) groups is 3. The van der Waals surface area contributed by atoms with Crippen LogP contribution in [0.2, 0.25) is 5.02 Å². The highest BCUT2D eigenvalue weighted by atomic mass is 35.5. The Balaban J connectivity index is 1.40. The van der Waals surface area contributed by atoms with E-state index in [1.165, 1.54) is 12.3 Å². The number of nitrogens with zero attached hydrogens (tertiary/aromatic N) is 4. The molecule has 0 bridgehead atoms. The number of benzene rings is 1. The Bertz CT molecular complexity index is 1110. The van der Waals surface area contributed by atoms with Gasteiger partial charge in [-0.25, -0.2) is 9.64 Å². The Morgan fingerprint density at radius 1 is 1.14 bits per heavy atom. The van der Waals surface area contributed by atoms with Crippen molar-refractivity contribution in [3.63, 3.8) is 0 Å². The Hall–Kier alpha value is -3.88. The van der Waals surface area contributed by atoms with Crippen LogP contribution < -0.4 is 20.7 Å². The van der Waals surface area contributed by atoms with Crippen molar-refractivity contribution in [3.8, 4) is 5.75 Å². The summed E-state index contributed by atoms with van der Waals surface area (Å²) in [6.07, 6.45) is 1.93. The van der Waals surface area contributed by atoms with Crippen LogP contribution in [0.5, 0.6) is 5.75 Å². The van der Waals surface area contributed by atoms with Gasteiger partial charge in [-0.1, -0.05) is 17.7 Å². The summed E-state index contributed by atoms with van der Waals surface area (Å²) in [4.78, 5) is 47.0. The fraction of sp³-hybridized carbons (Fsp3) is 0.375. The second kappa shape index (κ2) is 13.3. The van der Waals surface area contributed by atoms with Gasteiger partial charge in [0.25, 0.3) is 0 Å². The summed E-state index contributed by atoms with van der Waals surface area (Å²) >= 11 is 6.08. The number of rotatable bonds is 9. The number of amides is 4. The smallest absolute Gasteiger partial charge is 0.324 e. The van der Waals surface area contributed by atoms with Gasteiger partial charge >= 0.3 is 6.03 Å². The Morgan fingerprint density at radius 2 is 1.92 bits per heavy atom. The number of aromatic nitrogens is 1. The summed E-state index contributed by atoms with van der Waals surface area (Å²) in [5.74, 6) is 0.708. The van der Waals surface area contributed by atoms with Crippen LogP contribution in [0.1, 0.15) is 13.3 Å². The molecule has 3 rings (SSSR count). The molecule has 1 aliphatic rings. The van der Waals surface area contributed by atoms with E-state index in [1.807, 2.05) is 4.90 Å². The molecule has 1 aromatic carbocycles. The SMILES string of the molecule is [C-]#[N+]c1ccc(NC(=O)Nc2cc(Cl)ccc2OCCCNC(=O)CN2CCN(C(C)=O)CC2)nc1. The average molecular weight is 514 g/mol. The molecule has 0 saturated carbocycles. The topological polar surface area (TPSA) is 120 Å². The predicted molar refractivity (Wildman–Crippen MR) is 136 cm³/mol. The molecule has 0 spiro atoms. The van der Waals surface area contributed by atoms with E-state index in [-0.39, 0.29) is 11.8 Å². The lowest BCUT2D eigenvalue weighted by molar-refractivity contribution is -0.131. The van der Waals surface area contributed by atoms with E-state index in [2.05, 4.69) is 25.8 Å². The van der Waals surface area contributed by atoms with E-state index >= 15 is 0 Å². The lowest BCUT2D eigenvalue weighted by Crippen LogP contribution is -2.50. The van der Waals surface area contributed by atoms with Crippen LogP contribution in [-0.2, 0) is 9.59 Å². The lowest BCUT2D eigenvalue weighted by Gasteiger charge is -2.33. The van der Waals surface area contributed by atoms with Gasteiger partial charge in [0.2, 0.25) is 17.5 Å². The summed E-state index contributed by atoms with van der Waals surface area (Å²) in [6.45, 7) is 12.2. The highest BCUT2D eigenvalue weighted by Crippen LogP contribution is 2.28. The van der Waals surface area contributed by atoms with Crippen molar-refractivity contribution in [2.75, 3.05) is 56.5 Å². The second-order valence-electron chi connectivity index (χ2n) is 8.07. The van der Waals surface area contributed by atoms with Crippen LogP contribution in [0.15, 0.2) is 36.5 Å². The molecule has 1 aromatic heterocycles. The molecule has 0 unspecified atom stereocenters. The molecule has 190 valence electrons. The van der Waals surface area contributed by atoms with Gasteiger partial charge in [0.05, 0.1) is 25.4 Å². The van der Waals surface area contributed by atoms with Crippen molar-refractivity contribution in [1.82, 2.24) is 20.1 Å². The third-order valence-corrected chi connectivity index (χ3v) is 5.63. The number of urea groups is 1. The van der Waals surface area contributed by atoms with Crippen molar-refractivity contribution in [2.45, 2.75) is 13.3 Å². The first-order chi connectivity index (χ1) is 17.3. The highest BCUT2D eigenvalue weighted by Gasteiger charge is 2.20. The average Bonchev–Trinajstić information content (AvgIpc) is 2.85. The van der Waals surface area contributed by atoms with Gasteiger partial charge in [0.15, 0.2) is 0 Å². The number of piperazine rings is 1. The maximum atomic E-state index is 12.4. The summed E-state index contributed by atoms with van der Waals surface area (Å²) in [5.41, 5.74) is 0.752. The Kier molecular flexibility index (Phi) is 9.85. The van der Waals surface area contributed by atoms with Gasteiger partial charge in [-0.2, -0.15) is 0 Å². The highest BCUT2D eigenvalue weighted by molar-refractivity contribution is 6.31. The molecular weight excluding hydrogens is 486 g/mol. The van der Waals surface area contributed by atoms with E-state index in [4.69, 9.17) is 22.9 Å². The maximum Gasteiger partial charge on any atom is 0.324 e. The summed E-state index contributed by atoms with van der Waals surface area (Å²) in [5, 5.41) is 8.57. The third kappa shape index (κ3) is 8.41. The standard InChI is InChI=1S/C24H28ClN7O4/c1-17(33)32-11-9-31(10-12-32)16-23(34)27-8-3-13-36-21-6-4-18(25)14-20(21)29-24(35)30-22-7-5-19(26-2)15-28-22/h4-7,14-15H,3,8-13,16H2,1H3,(H,27,34)(H2,28,29,30,35). The van der Waals surface area contributed by atoms with Gasteiger partial charge in [-0.3, -0.25) is 24.8 Å². The van der Waals surface area contributed by atoms with Crippen molar-refractivity contribution in [1.29, 1.82) is 0 Å². The molecule has 3 N–H and O–H groups in total. The number of ether oxygens (including phenoxy) is 1. The minimum atomic E-state index is -0.540. The predicted octanol–water partition coefficient (Wildman–Crippen LogP) is 2.98. The van der Waals surface area contributed by atoms with Crippen molar-refractivity contribution in [3.05, 3.63) is 53.0 Å². The minimum Gasteiger partial charge on any atom is -0.491 e. The lowest BCUT2D eigenvalue weighted by atomic mass is 10.3. The van der Waals surface area contributed by atoms with Gasteiger partial charge in [-0.05, 0) is 30.7 Å². The van der Waals surface area contributed by atoms with Crippen LogP contribution in [0.3, 0.4) is 0 Å². The maximum absolute atomic E-state index is 12.4. The first-order valence-corrected chi connectivity index (χ1v) is 11.8. The van der Waals surface area contributed by atoms with Crippen LogP contribution in [0.25, 0.3) is 4.85 Å². The second-order valence-corrected chi connectivity index (χ2v) is 8.50. The van der Waals surface area contributed by atoms with E-state index in [0.717, 1.165) is 0 Å². The van der Waals surface area contributed by atoms with E-state index in [1.54, 1.807) is 36.1 Å². The van der Waals surface area contributed by atoms with E-state index < -0.39 is 6.03 Å². The van der Waals surface area contributed by atoms with E-state index in [9.17, 15) is 14.4 Å². The molecule has 1 aliphatic heterocycles. The van der Waals surface area contributed by atoms with Gasteiger partial charge in [-0.15, -0.1) is 0 Å². The van der Waals surface area contributed by atoms with E-state index in [0.29, 0.717) is 80.3 Å².